The molecule has 26 heavy (non-hydrogen) atoms. The first-order valence-electron chi connectivity index (χ1n) is 9.16. The molecule has 134 valence electrons. The van der Waals surface area contributed by atoms with E-state index in [-0.39, 0.29) is 6.23 Å². The van der Waals surface area contributed by atoms with E-state index in [1.54, 1.807) is 0 Å². The molecule has 5 nitrogen and oxygen atoms in total. The molecule has 0 saturated carbocycles. The molecule has 1 aliphatic rings. The number of aryl methyl sites for hydroxylation is 2. The number of nitrogens with zero attached hydrogens (tertiary/aromatic N) is 4. The first kappa shape index (κ1) is 16.8. The number of ether oxygens (including phenoxy) is 1. The van der Waals surface area contributed by atoms with Gasteiger partial charge in [-0.15, -0.1) is 5.10 Å². The average molecular weight is 348 g/mol. The van der Waals surface area contributed by atoms with Crippen molar-refractivity contribution >= 4 is 5.69 Å². The lowest BCUT2D eigenvalue weighted by Crippen LogP contribution is -2.23. The van der Waals surface area contributed by atoms with Crippen molar-refractivity contribution in [2.45, 2.75) is 33.0 Å². The summed E-state index contributed by atoms with van der Waals surface area (Å²) in [5.74, 6) is 0. The van der Waals surface area contributed by atoms with Crippen LogP contribution in [-0.4, -0.2) is 28.1 Å². The van der Waals surface area contributed by atoms with E-state index < -0.39 is 0 Å². The van der Waals surface area contributed by atoms with Gasteiger partial charge in [0.05, 0.1) is 19.3 Å². The zero-order chi connectivity index (χ0) is 17.9. The summed E-state index contributed by atoms with van der Waals surface area (Å²) in [5, 5.41) is 8.69. The van der Waals surface area contributed by atoms with E-state index in [1.807, 2.05) is 10.9 Å². The van der Waals surface area contributed by atoms with Crippen molar-refractivity contribution in [1.29, 1.82) is 0 Å². The fraction of sp³-hybridized carbons (Fsp3) is 0.333. The predicted molar refractivity (Wildman–Crippen MR) is 102 cm³/mol. The molecule has 0 bridgehead atoms. The Kier molecular flexibility index (Phi) is 4.71. The average Bonchev–Trinajstić information content (AvgIpc) is 3.33. The zero-order valence-electron chi connectivity index (χ0n) is 15.3. The summed E-state index contributed by atoms with van der Waals surface area (Å²) in [6.45, 7) is 6.57. The van der Waals surface area contributed by atoms with E-state index >= 15 is 0 Å². The van der Waals surface area contributed by atoms with Crippen LogP contribution >= 0.6 is 0 Å². The quantitative estimate of drug-likeness (QED) is 0.705. The minimum absolute atomic E-state index is 0.173. The lowest BCUT2D eigenvalue weighted by molar-refractivity contribution is 0.110. The summed E-state index contributed by atoms with van der Waals surface area (Å²) in [7, 11) is 0. The highest BCUT2D eigenvalue weighted by Gasteiger charge is 2.29. The Labute approximate surface area is 154 Å². The molecule has 1 atom stereocenters. The summed E-state index contributed by atoms with van der Waals surface area (Å²) in [5.41, 5.74) is 5.88. The Hall–Kier alpha value is -2.66. The second-order valence-electron chi connectivity index (χ2n) is 6.70. The van der Waals surface area contributed by atoms with Crippen LogP contribution in [0.1, 0.15) is 35.5 Å². The number of hydrogen-bond acceptors (Lipinski definition) is 4. The molecule has 0 spiro atoms. The van der Waals surface area contributed by atoms with Gasteiger partial charge in [0.15, 0.2) is 6.23 Å². The maximum Gasteiger partial charge on any atom is 0.177 e. The zero-order valence-corrected chi connectivity index (χ0v) is 15.3. The van der Waals surface area contributed by atoms with Crippen LogP contribution in [0.4, 0.5) is 5.69 Å². The van der Waals surface area contributed by atoms with Crippen molar-refractivity contribution in [2.75, 3.05) is 18.1 Å². The minimum atomic E-state index is -0.173. The van der Waals surface area contributed by atoms with Gasteiger partial charge in [-0.3, -0.25) is 0 Å². The van der Waals surface area contributed by atoms with Gasteiger partial charge >= 0.3 is 0 Å². The van der Waals surface area contributed by atoms with Gasteiger partial charge in [0, 0.05) is 12.2 Å². The minimum Gasteiger partial charge on any atom is -0.350 e. The van der Waals surface area contributed by atoms with Crippen LogP contribution in [-0.2, 0) is 17.7 Å². The van der Waals surface area contributed by atoms with Gasteiger partial charge < -0.3 is 9.64 Å². The number of benzene rings is 2. The maximum atomic E-state index is 5.96. The second kappa shape index (κ2) is 7.30. The van der Waals surface area contributed by atoms with Gasteiger partial charge in [-0.2, -0.15) is 0 Å². The summed E-state index contributed by atoms with van der Waals surface area (Å²) >= 11 is 0. The van der Waals surface area contributed by atoms with Gasteiger partial charge in [-0.05, 0) is 42.2 Å². The van der Waals surface area contributed by atoms with Crippen molar-refractivity contribution in [3.8, 4) is 0 Å². The summed E-state index contributed by atoms with van der Waals surface area (Å²) in [6.07, 6.45) is 2.87. The van der Waals surface area contributed by atoms with Gasteiger partial charge in [-0.1, -0.05) is 48.5 Å². The molecule has 3 aromatic rings. The van der Waals surface area contributed by atoms with Crippen LogP contribution in [0.3, 0.4) is 0 Å². The first-order chi connectivity index (χ1) is 12.7. The monoisotopic (exact) mass is 348 g/mol. The maximum absolute atomic E-state index is 5.96. The van der Waals surface area contributed by atoms with E-state index in [2.05, 4.69) is 77.6 Å². The third kappa shape index (κ3) is 3.35. The van der Waals surface area contributed by atoms with Crippen molar-refractivity contribution in [3.63, 3.8) is 0 Å². The van der Waals surface area contributed by atoms with Crippen molar-refractivity contribution in [2.24, 2.45) is 0 Å². The van der Waals surface area contributed by atoms with E-state index in [9.17, 15) is 0 Å². The topological polar surface area (TPSA) is 43.2 Å². The highest BCUT2D eigenvalue weighted by molar-refractivity contribution is 5.49. The first-order valence-corrected chi connectivity index (χ1v) is 9.16. The van der Waals surface area contributed by atoms with Crippen LogP contribution in [0.2, 0.25) is 0 Å². The molecule has 0 amide bonds. The third-order valence-electron chi connectivity index (χ3n) is 4.97. The Morgan fingerprint density at radius 1 is 1.12 bits per heavy atom. The molecule has 1 aromatic heterocycles. The molecule has 0 aliphatic carbocycles. The van der Waals surface area contributed by atoms with Crippen LogP contribution in [0, 0.1) is 6.92 Å². The number of anilines is 1. The molecular weight excluding hydrogens is 324 g/mol. The molecular formula is C21H24N4O. The number of aromatic nitrogens is 3. The van der Waals surface area contributed by atoms with Crippen molar-refractivity contribution in [1.82, 2.24) is 15.0 Å². The molecule has 1 saturated heterocycles. The molecule has 4 rings (SSSR count). The molecule has 2 aromatic carbocycles. The van der Waals surface area contributed by atoms with Crippen LogP contribution in [0.25, 0.3) is 0 Å². The van der Waals surface area contributed by atoms with Gasteiger partial charge in [0.1, 0.15) is 5.69 Å². The van der Waals surface area contributed by atoms with Gasteiger partial charge in [-0.25, -0.2) is 4.68 Å². The molecule has 0 N–H and O–H groups in total. The molecule has 2 heterocycles. The SMILES string of the molecule is CCc1ccc(N2CCO[C@@H]2c2cn(Cc3ccccc3C)nn2)cc1. The Balaban J connectivity index is 1.53. The fourth-order valence-electron chi connectivity index (χ4n) is 3.37. The van der Waals surface area contributed by atoms with Gasteiger partial charge in [0.25, 0.3) is 0 Å². The fourth-order valence-corrected chi connectivity index (χ4v) is 3.37. The Bertz CT molecular complexity index is 872. The summed E-state index contributed by atoms with van der Waals surface area (Å²) < 4.78 is 7.85. The molecule has 5 heteroatoms. The lowest BCUT2D eigenvalue weighted by atomic mass is 10.1. The molecule has 1 fully saturated rings. The summed E-state index contributed by atoms with van der Waals surface area (Å²) in [6, 6.07) is 17.1. The van der Waals surface area contributed by atoms with E-state index in [4.69, 9.17) is 4.74 Å². The highest BCUT2D eigenvalue weighted by atomic mass is 16.5. The molecule has 0 unspecified atom stereocenters. The van der Waals surface area contributed by atoms with Crippen LogP contribution < -0.4 is 4.90 Å². The third-order valence-corrected chi connectivity index (χ3v) is 4.97. The highest BCUT2D eigenvalue weighted by Crippen LogP contribution is 2.31. The van der Waals surface area contributed by atoms with E-state index in [0.29, 0.717) is 6.61 Å². The van der Waals surface area contributed by atoms with Crippen molar-refractivity contribution in [3.05, 3.63) is 77.1 Å². The second-order valence-corrected chi connectivity index (χ2v) is 6.70. The van der Waals surface area contributed by atoms with Gasteiger partial charge in [0.2, 0.25) is 0 Å². The van der Waals surface area contributed by atoms with E-state index in [0.717, 1.165) is 30.9 Å². The summed E-state index contributed by atoms with van der Waals surface area (Å²) in [4.78, 5) is 2.25. The normalized spacial score (nSPS) is 17.0. The van der Waals surface area contributed by atoms with Crippen molar-refractivity contribution < 1.29 is 4.74 Å². The molecule has 1 aliphatic heterocycles. The number of rotatable bonds is 5. The van der Waals surface area contributed by atoms with E-state index in [1.165, 1.54) is 16.7 Å². The number of hydrogen-bond donors (Lipinski definition) is 0. The Morgan fingerprint density at radius 3 is 2.69 bits per heavy atom. The molecule has 0 radical (unpaired) electrons. The van der Waals surface area contributed by atoms with Crippen LogP contribution in [0.15, 0.2) is 54.7 Å². The van der Waals surface area contributed by atoms with Crippen LogP contribution in [0.5, 0.6) is 0 Å². The Morgan fingerprint density at radius 2 is 1.92 bits per heavy atom. The standard InChI is InChI=1S/C21H24N4O/c1-3-17-8-10-19(11-9-17)25-12-13-26-21(25)20-15-24(23-22-20)14-18-7-5-4-6-16(18)2/h4-11,15,21H,3,12-14H2,1-2H3/t21-/m1/s1. The smallest absolute Gasteiger partial charge is 0.177 e. The largest absolute Gasteiger partial charge is 0.350 e. The predicted octanol–water partition coefficient (Wildman–Crippen LogP) is 3.73. The lowest BCUT2D eigenvalue weighted by Gasteiger charge is -2.23.